The Morgan fingerprint density at radius 2 is 1.90 bits per heavy atom. The van der Waals surface area contributed by atoms with Crippen LogP contribution in [0.25, 0.3) is 0 Å². The van der Waals surface area contributed by atoms with Gasteiger partial charge in [0.2, 0.25) is 5.91 Å². The highest BCUT2D eigenvalue weighted by atomic mass is 19.4. The number of benzene rings is 1. The highest BCUT2D eigenvalue weighted by Gasteiger charge is 2.37. The third-order valence-electron chi connectivity index (χ3n) is 2.80. The molecule has 3 nitrogen and oxygen atoms in total. The Labute approximate surface area is 113 Å². The number of nitrogens with two attached hydrogens (primary N) is 1. The number of primary amides is 1. The maximum atomic E-state index is 13.1. The first-order chi connectivity index (χ1) is 9.39. The van der Waals surface area contributed by atoms with Gasteiger partial charge in [-0.2, -0.15) is 13.2 Å². The summed E-state index contributed by atoms with van der Waals surface area (Å²) in [5, 5.41) is 0. The van der Waals surface area contributed by atoms with Crippen LogP contribution >= 0.6 is 0 Å². The maximum absolute atomic E-state index is 13.1. The van der Waals surface area contributed by atoms with Crippen molar-refractivity contribution in [3.05, 3.63) is 65.0 Å². The van der Waals surface area contributed by atoms with Gasteiger partial charge in [0, 0.05) is 18.3 Å². The van der Waals surface area contributed by atoms with E-state index in [4.69, 9.17) is 5.73 Å². The number of halogens is 3. The molecule has 20 heavy (non-hydrogen) atoms. The van der Waals surface area contributed by atoms with Crippen LogP contribution in [0.4, 0.5) is 13.2 Å². The predicted octanol–water partition coefficient (Wildman–Crippen LogP) is 2.79. The van der Waals surface area contributed by atoms with Crippen LogP contribution in [0.2, 0.25) is 0 Å². The van der Waals surface area contributed by atoms with Crippen molar-refractivity contribution >= 4 is 5.91 Å². The monoisotopic (exact) mass is 280 g/mol. The molecule has 2 aromatic rings. The second-order valence-electron chi connectivity index (χ2n) is 4.20. The number of aromatic nitrogens is 1. The van der Waals surface area contributed by atoms with E-state index in [0.717, 1.165) is 6.07 Å². The standard InChI is InChI=1S/C14H11F3N2O/c15-14(16,17)12-9(4-3-6-11(12)13(18)20)8-10-5-1-2-7-19-10/h1-7H,8H2,(H2,18,20). The Kier molecular flexibility index (Phi) is 3.74. The molecule has 0 fully saturated rings. The minimum absolute atomic E-state index is 0.0171. The van der Waals surface area contributed by atoms with Crippen molar-refractivity contribution in [1.29, 1.82) is 0 Å². The van der Waals surface area contributed by atoms with Gasteiger partial charge in [0.25, 0.3) is 0 Å². The van der Waals surface area contributed by atoms with Gasteiger partial charge in [0.15, 0.2) is 0 Å². The normalized spacial score (nSPS) is 11.3. The first-order valence-corrected chi connectivity index (χ1v) is 5.78. The molecule has 1 heterocycles. The van der Waals surface area contributed by atoms with Gasteiger partial charge in [-0.15, -0.1) is 0 Å². The summed E-state index contributed by atoms with van der Waals surface area (Å²) < 4.78 is 39.4. The number of nitrogens with zero attached hydrogens (tertiary/aromatic N) is 1. The van der Waals surface area contributed by atoms with Crippen molar-refractivity contribution < 1.29 is 18.0 Å². The quantitative estimate of drug-likeness (QED) is 0.939. The maximum Gasteiger partial charge on any atom is 0.417 e. The average Bonchev–Trinajstić information content (AvgIpc) is 2.38. The summed E-state index contributed by atoms with van der Waals surface area (Å²) in [5.74, 6) is -1.10. The zero-order valence-corrected chi connectivity index (χ0v) is 10.3. The van der Waals surface area contributed by atoms with E-state index in [-0.39, 0.29) is 12.0 Å². The SMILES string of the molecule is NC(=O)c1cccc(Cc2ccccn2)c1C(F)(F)F. The summed E-state index contributed by atoms with van der Waals surface area (Å²) in [4.78, 5) is 15.2. The smallest absolute Gasteiger partial charge is 0.366 e. The summed E-state index contributed by atoms with van der Waals surface area (Å²) in [5.41, 5.74) is 3.97. The molecule has 1 aromatic carbocycles. The van der Waals surface area contributed by atoms with Crippen LogP contribution in [-0.2, 0) is 12.6 Å². The molecule has 6 heteroatoms. The number of alkyl halides is 3. The molecule has 0 aliphatic heterocycles. The molecule has 1 amide bonds. The third-order valence-corrected chi connectivity index (χ3v) is 2.80. The van der Waals surface area contributed by atoms with E-state index < -0.39 is 23.2 Å². The number of amides is 1. The van der Waals surface area contributed by atoms with E-state index >= 15 is 0 Å². The summed E-state index contributed by atoms with van der Waals surface area (Å²) in [7, 11) is 0. The van der Waals surface area contributed by atoms with E-state index in [1.54, 1.807) is 18.2 Å². The zero-order valence-electron chi connectivity index (χ0n) is 10.3. The van der Waals surface area contributed by atoms with Gasteiger partial charge in [-0.1, -0.05) is 18.2 Å². The Hall–Kier alpha value is -2.37. The molecule has 0 aliphatic carbocycles. The van der Waals surface area contributed by atoms with Gasteiger partial charge in [-0.05, 0) is 23.8 Å². The molecule has 2 N–H and O–H groups in total. The van der Waals surface area contributed by atoms with Gasteiger partial charge in [0.05, 0.1) is 11.1 Å². The van der Waals surface area contributed by atoms with E-state index in [2.05, 4.69) is 4.98 Å². The van der Waals surface area contributed by atoms with Crippen molar-refractivity contribution in [2.45, 2.75) is 12.6 Å². The lowest BCUT2D eigenvalue weighted by Gasteiger charge is -2.15. The minimum Gasteiger partial charge on any atom is -0.366 e. The number of carbonyl (C=O) groups is 1. The fourth-order valence-corrected chi connectivity index (χ4v) is 1.99. The van der Waals surface area contributed by atoms with Crippen LogP contribution < -0.4 is 5.73 Å². The lowest BCUT2D eigenvalue weighted by molar-refractivity contribution is -0.138. The molecule has 0 saturated heterocycles. The molecule has 1 aromatic heterocycles. The molecule has 0 radical (unpaired) electrons. The van der Waals surface area contributed by atoms with E-state index in [9.17, 15) is 18.0 Å². The second kappa shape index (κ2) is 5.32. The van der Waals surface area contributed by atoms with Gasteiger partial charge in [-0.25, -0.2) is 0 Å². The van der Waals surface area contributed by atoms with Gasteiger partial charge in [0.1, 0.15) is 0 Å². The van der Waals surface area contributed by atoms with Gasteiger partial charge in [-0.3, -0.25) is 9.78 Å². The summed E-state index contributed by atoms with van der Waals surface area (Å²) in [6.45, 7) is 0. The highest BCUT2D eigenvalue weighted by Crippen LogP contribution is 2.35. The first kappa shape index (κ1) is 14.0. The molecule has 0 unspecified atom stereocenters. The highest BCUT2D eigenvalue weighted by molar-refractivity contribution is 5.94. The zero-order chi connectivity index (χ0) is 14.8. The number of carbonyl (C=O) groups excluding carboxylic acids is 1. The minimum atomic E-state index is -4.64. The molecule has 0 saturated carbocycles. The van der Waals surface area contributed by atoms with Crippen molar-refractivity contribution in [2.75, 3.05) is 0 Å². The third kappa shape index (κ3) is 2.96. The Morgan fingerprint density at radius 1 is 1.15 bits per heavy atom. The number of pyridine rings is 1. The van der Waals surface area contributed by atoms with Crippen molar-refractivity contribution in [2.24, 2.45) is 5.73 Å². The molecule has 0 bridgehead atoms. The summed E-state index contributed by atoms with van der Waals surface area (Å²) in [6.07, 6.45) is -3.16. The molecule has 0 atom stereocenters. The number of rotatable bonds is 3. The van der Waals surface area contributed by atoms with Crippen LogP contribution in [-0.4, -0.2) is 10.9 Å². The number of hydrogen-bond acceptors (Lipinski definition) is 2. The lowest BCUT2D eigenvalue weighted by atomic mass is 9.96. The Morgan fingerprint density at radius 3 is 2.45 bits per heavy atom. The second-order valence-corrected chi connectivity index (χ2v) is 4.20. The molecular weight excluding hydrogens is 269 g/mol. The Bertz CT molecular complexity index is 624. The fraction of sp³-hybridized carbons (Fsp3) is 0.143. The van der Waals surface area contributed by atoms with E-state index in [1.807, 2.05) is 0 Å². The lowest BCUT2D eigenvalue weighted by Crippen LogP contribution is -2.21. The molecule has 104 valence electrons. The van der Waals surface area contributed by atoms with Crippen LogP contribution in [0, 0.1) is 0 Å². The number of hydrogen-bond donors (Lipinski definition) is 1. The average molecular weight is 280 g/mol. The van der Waals surface area contributed by atoms with Crippen molar-refractivity contribution in [1.82, 2.24) is 4.98 Å². The largest absolute Gasteiger partial charge is 0.417 e. The fourth-order valence-electron chi connectivity index (χ4n) is 1.99. The molecule has 2 rings (SSSR count). The van der Waals surface area contributed by atoms with Crippen molar-refractivity contribution in [3.8, 4) is 0 Å². The van der Waals surface area contributed by atoms with Gasteiger partial charge < -0.3 is 5.73 Å². The molecule has 0 spiro atoms. The van der Waals surface area contributed by atoms with Crippen molar-refractivity contribution in [3.63, 3.8) is 0 Å². The van der Waals surface area contributed by atoms with Crippen LogP contribution in [0.1, 0.15) is 27.2 Å². The van der Waals surface area contributed by atoms with Crippen LogP contribution in [0.3, 0.4) is 0 Å². The summed E-state index contributed by atoms with van der Waals surface area (Å²) >= 11 is 0. The summed E-state index contributed by atoms with van der Waals surface area (Å²) in [6, 6.07) is 8.77. The van der Waals surface area contributed by atoms with Crippen LogP contribution in [0.15, 0.2) is 42.6 Å². The van der Waals surface area contributed by atoms with Gasteiger partial charge >= 0.3 is 6.18 Å². The molecular formula is C14H11F3N2O. The van der Waals surface area contributed by atoms with Crippen LogP contribution in [0.5, 0.6) is 0 Å². The predicted molar refractivity (Wildman–Crippen MR) is 67.0 cm³/mol. The van der Waals surface area contributed by atoms with E-state index in [0.29, 0.717) is 5.69 Å². The molecule has 0 aliphatic rings. The topological polar surface area (TPSA) is 56.0 Å². The van der Waals surface area contributed by atoms with E-state index in [1.165, 1.54) is 18.3 Å². The Balaban J connectivity index is 2.53. The first-order valence-electron chi connectivity index (χ1n) is 5.78.